The Labute approximate surface area is 229 Å². The molecule has 3 aromatic carbocycles. The fourth-order valence-electron chi connectivity index (χ4n) is 3.99. The van der Waals surface area contributed by atoms with E-state index in [9.17, 15) is 9.59 Å². The highest BCUT2D eigenvalue weighted by Gasteiger charge is 2.30. The Morgan fingerprint density at radius 2 is 1.68 bits per heavy atom. The van der Waals surface area contributed by atoms with Gasteiger partial charge in [-0.2, -0.15) is 0 Å². The van der Waals surface area contributed by atoms with E-state index in [0.717, 1.165) is 27.5 Å². The summed E-state index contributed by atoms with van der Waals surface area (Å²) >= 11 is 7.67. The van der Waals surface area contributed by atoms with Crippen molar-refractivity contribution in [3.05, 3.63) is 95.0 Å². The molecule has 2 amide bonds. The van der Waals surface area contributed by atoms with Crippen molar-refractivity contribution in [2.24, 2.45) is 0 Å². The number of nitrogens with zero attached hydrogens (tertiary/aromatic N) is 1. The molecule has 3 rings (SSSR count). The Bertz CT molecular complexity index is 1140. The maximum Gasteiger partial charge on any atom is 0.243 e. The van der Waals surface area contributed by atoms with Gasteiger partial charge in [-0.25, -0.2) is 0 Å². The van der Waals surface area contributed by atoms with Crippen molar-refractivity contribution in [2.45, 2.75) is 56.6 Å². The lowest BCUT2D eigenvalue weighted by Gasteiger charge is -2.32. The number of benzene rings is 3. The number of carbonyl (C=O) groups excluding carboxylic acids is 2. The van der Waals surface area contributed by atoms with Gasteiger partial charge in [0.05, 0.1) is 7.11 Å². The van der Waals surface area contributed by atoms with E-state index in [1.807, 2.05) is 92.7 Å². The van der Waals surface area contributed by atoms with Crippen LogP contribution in [0.4, 0.5) is 0 Å². The van der Waals surface area contributed by atoms with E-state index in [1.54, 1.807) is 23.8 Å². The Hall–Kier alpha value is -2.96. The first kappa shape index (κ1) is 28.6. The van der Waals surface area contributed by atoms with Crippen LogP contribution in [0.25, 0.3) is 0 Å². The zero-order chi connectivity index (χ0) is 26.6. The van der Waals surface area contributed by atoms with Gasteiger partial charge in [-0.15, -0.1) is 11.8 Å². The van der Waals surface area contributed by atoms with Crippen molar-refractivity contribution in [2.75, 3.05) is 12.9 Å². The molecule has 5 nitrogen and oxygen atoms in total. The van der Waals surface area contributed by atoms with Crippen LogP contribution in [-0.4, -0.2) is 41.7 Å². The summed E-state index contributed by atoms with van der Waals surface area (Å²) in [6, 6.07) is 24.5. The molecule has 1 unspecified atom stereocenters. The van der Waals surface area contributed by atoms with Crippen LogP contribution in [0.3, 0.4) is 0 Å². The quantitative estimate of drug-likeness (QED) is 0.202. The van der Waals surface area contributed by atoms with Gasteiger partial charge in [0.25, 0.3) is 0 Å². The van der Waals surface area contributed by atoms with E-state index in [4.69, 9.17) is 16.3 Å². The van der Waals surface area contributed by atoms with Gasteiger partial charge in [0.1, 0.15) is 11.8 Å². The molecule has 1 atom stereocenters. The minimum atomic E-state index is -0.632. The van der Waals surface area contributed by atoms with Crippen LogP contribution < -0.4 is 10.1 Å². The van der Waals surface area contributed by atoms with E-state index in [2.05, 4.69) is 5.32 Å². The minimum Gasteiger partial charge on any atom is -0.497 e. The Balaban J connectivity index is 1.80. The van der Waals surface area contributed by atoms with E-state index in [-0.39, 0.29) is 17.9 Å². The number of methoxy groups -OCH3 is 1. The number of rotatable bonds is 13. The Morgan fingerprint density at radius 3 is 2.35 bits per heavy atom. The minimum absolute atomic E-state index is 0.0321. The van der Waals surface area contributed by atoms with E-state index in [1.165, 1.54) is 0 Å². The van der Waals surface area contributed by atoms with E-state index in [0.29, 0.717) is 30.8 Å². The molecule has 0 fully saturated rings. The second kappa shape index (κ2) is 14.7. The van der Waals surface area contributed by atoms with E-state index < -0.39 is 6.04 Å². The fraction of sp³-hybridized carbons (Fsp3) is 0.333. The van der Waals surface area contributed by atoms with Crippen LogP contribution in [0.15, 0.2) is 83.8 Å². The average molecular weight is 539 g/mol. The lowest BCUT2D eigenvalue weighted by atomic mass is 10.0. The monoisotopic (exact) mass is 538 g/mol. The number of carbonyl (C=O) groups is 2. The second-order valence-electron chi connectivity index (χ2n) is 9.15. The van der Waals surface area contributed by atoms with Gasteiger partial charge in [-0.3, -0.25) is 9.59 Å². The molecule has 37 heavy (non-hydrogen) atoms. The molecular formula is C30H35ClN2O3S. The summed E-state index contributed by atoms with van der Waals surface area (Å²) in [6.45, 7) is 4.18. The lowest BCUT2D eigenvalue weighted by Crippen LogP contribution is -2.51. The van der Waals surface area contributed by atoms with Gasteiger partial charge >= 0.3 is 0 Å². The van der Waals surface area contributed by atoms with Crippen LogP contribution in [0.1, 0.15) is 37.8 Å². The molecule has 0 bridgehead atoms. The lowest BCUT2D eigenvalue weighted by molar-refractivity contribution is -0.141. The zero-order valence-electron chi connectivity index (χ0n) is 21.7. The standard InChI is InChI=1S/C30H35ClN2O3S/c1-22(2)32-30(35)28(20-23-9-5-4-6-10-23)33(21-24-11-7-12-26(19-24)36-3)29(34)13-8-18-37-27-16-14-25(31)15-17-27/h4-7,9-12,14-17,19,22,28H,8,13,18,20-21H2,1-3H3,(H,32,35). The third-order valence-electron chi connectivity index (χ3n) is 5.81. The maximum absolute atomic E-state index is 13.7. The molecule has 0 heterocycles. The smallest absolute Gasteiger partial charge is 0.243 e. The predicted molar refractivity (Wildman–Crippen MR) is 152 cm³/mol. The molecule has 0 aliphatic carbocycles. The summed E-state index contributed by atoms with van der Waals surface area (Å²) in [7, 11) is 1.62. The molecule has 1 N–H and O–H groups in total. The van der Waals surface area contributed by atoms with Crippen LogP contribution in [0.2, 0.25) is 5.02 Å². The number of thioether (sulfide) groups is 1. The van der Waals surface area contributed by atoms with Crippen LogP contribution in [-0.2, 0) is 22.6 Å². The molecule has 196 valence electrons. The largest absolute Gasteiger partial charge is 0.497 e. The average Bonchev–Trinajstić information content (AvgIpc) is 2.89. The number of amides is 2. The Morgan fingerprint density at radius 1 is 0.973 bits per heavy atom. The normalized spacial score (nSPS) is 11.7. The second-order valence-corrected chi connectivity index (χ2v) is 10.8. The van der Waals surface area contributed by atoms with Crippen LogP contribution in [0, 0.1) is 0 Å². The third-order valence-corrected chi connectivity index (χ3v) is 7.16. The highest BCUT2D eigenvalue weighted by molar-refractivity contribution is 7.99. The maximum atomic E-state index is 13.7. The Kier molecular flexibility index (Phi) is 11.4. The molecule has 0 aromatic heterocycles. The zero-order valence-corrected chi connectivity index (χ0v) is 23.2. The molecule has 0 spiro atoms. The summed E-state index contributed by atoms with van der Waals surface area (Å²) < 4.78 is 5.39. The molecule has 0 radical (unpaired) electrons. The van der Waals surface area contributed by atoms with Crippen molar-refractivity contribution in [3.8, 4) is 5.75 Å². The first-order valence-corrected chi connectivity index (χ1v) is 13.9. The molecule has 7 heteroatoms. The number of halogens is 1. The molecular weight excluding hydrogens is 504 g/mol. The van der Waals surface area contributed by atoms with Gasteiger partial charge < -0.3 is 15.0 Å². The number of ether oxygens (including phenoxy) is 1. The van der Waals surface area contributed by atoms with Crippen molar-refractivity contribution in [3.63, 3.8) is 0 Å². The van der Waals surface area contributed by atoms with Crippen LogP contribution in [0.5, 0.6) is 5.75 Å². The topological polar surface area (TPSA) is 58.6 Å². The summed E-state index contributed by atoms with van der Waals surface area (Å²) in [5.74, 6) is 1.32. The van der Waals surface area contributed by atoms with Gasteiger partial charge in [-0.1, -0.05) is 54.1 Å². The number of hydrogen-bond donors (Lipinski definition) is 1. The van der Waals surface area contributed by atoms with Crippen LogP contribution >= 0.6 is 23.4 Å². The van der Waals surface area contributed by atoms with Crippen molar-refractivity contribution >= 4 is 35.2 Å². The summed E-state index contributed by atoms with van der Waals surface area (Å²) in [5, 5.41) is 3.73. The summed E-state index contributed by atoms with van der Waals surface area (Å²) in [4.78, 5) is 29.9. The van der Waals surface area contributed by atoms with Crippen molar-refractivity contribution in [1.29, 1.82) is 0 Å². The first-order valence-electron chi connectivity index (χ1n) is 12.5. The fourth-order valence-corrected chi connectivity index (χ4v) is 4.97. The summed E-state index contributed by atoms with van der Waals surface area (Å²) in [6.07, 6.45) is 1.49. The molecule has 0 saturated carbocycles. The first-order chi connectivity index (χ1) is 17.9. The van der Waals surface area contributed by atoms with E-state index >= 15 is 0 Å². The molecule has 0 aliphatic heterocycles. The van der Waals surface area contributed by atoms with Gasteiger partial charge in [-0.05, 0) is 73.5 Å². The highest BCUT2D eigenvalue weighted by atomic mass is 35.5. The summed E-state index contributed by atoms with van der Waals surface area (Å²) in [5.41, 5.74) is 1.92. The van der Waals surface area contributed by atoms with Gasteiger partial charge in [0.2, 0.25) is 11.8 Å². The molecule has 3 aromatic rings. The molecule has 0 saturated heterocycles. The SMILES string of the molecule is COc1cccc(CN(C(=O)CCCSc2ccc(Cl)cc2)C(Cc2ccccc2)C(=O)NC(C)C)c1. The van der Waals surface area contributed by atoms with Gasteiger partial charge in [0.15, 0.2) is 0 Å². The number of nitrogens with one attached hydrogen (secondary N) is 1. The predicted octanol–water partition coefficient (Wildman–Crippen LogP) is 6.39. The van der Waals surface area contributed by atoms with Crippen molar-refractivity contribution in [1.82, 2.24) is 10.2 Å². The highest BCUT2D eigenvalue weighted by Crippen LogP contribution is 2.23. The third kappa shape index (κ3) is 9.45. The molecule has 0 aliphatic rings. The number of hydrogen-bond acceptors (Lipinski definition) is 4. The van der Waals surface area contributed by atoms with Crippen molar-refractivity contribution < 1.29 is 14.3 Å². The van der Waals surface area contributed by atoms with Gasteiger partial charge in [0, 0.05) is 35.3 Å².